The molecule has 0 aromatic carbocycles. The number of hydrogen-bond acceptors (Lipinski definition) is 3. The normalized spacial score (nSPS) is 12.2. The van der Waals surface area contributed by atoms with E-state index in [9.17, 15) is 4.79 Å². The van der Waals surface area contributed by atoms with Gasteiger partial charge in [-0.3, -0.25) is 9.78 Å². The first-order valence-electron chi connectivity index (χ1n) is 6.03. The SMILES string of the molecule is CCCNCC(=O)N(C)C(C)c1ccncc1. The first-order chi connectivity index (χ1) is 8.16. The summed E-state index contributed by atoms with van der Waals surface area (Å²) in [4.78, 5) is 17.6. The highest BCUT2D eigenvalue weighted by Gasteiger charge is 2.16. The predicted molar refractivity (Wildman–Crippen MR) is 68.6 cm³/mol. The van der Waals surface area contributed by atoms with Crippen molar-refractivity contribution in [3.8, 4) is 0 Å². The van der Waals surface area contributed by atoms with Gasteiger partial charge in [0.05, 0.1) is 12.6 Å². The lowest BCUT2D eigenvalue weighted by Crippen LogP contribution is -2.37. The van der Waals surface area contributed by atoms with Crippen LogP contribution in [0.4, 0.5) is 0 Å². The average molecular weight is 235 g/mol. The summed E-state index contributed by atoms with van der Waals surface area (Å²) < 4.78 is 0. The van der Waals surface area contributed by atoms with E-state index in [2.05, 4.69) is 17.2 Å². The highest BCUT2D eigenvalue weighted by Crippen LogP contribution is 2.17. The summed E-state index contributed by atoms with van der Waals surface area (Å²) in [5.41, 5.74) is 1.10. The molecular formula is C13H21N3O. The lowest BCUT2D eigenvalue weighted by molar-refractivity contribution is -0.130. The van der Waals surface area contributed by atoms with Gasteiger partial charge in [0.1, 0.15) is 0 Å². The van der Waals surface area contributed by atoms with Crippen molar-refractivity contribution in [3.63, 3.8) is 0 Å². The van der Waals surface area contributed by atoms with Crippen LogP contribution >= 0.6 is 0 Å². The van der Waals surface area contributed by atoms with E-state index in [4.69, 9.17) is 0 Å². The molecule has 4 heteroatoms. The number of carbonyl (C=O) groups excluding carboxylic acids is 1. The van der Waals surface area contributed by atoms with Crippen molar-refractivity contribution < 1.29 is 4.79 Å². The summed E-state index contributed by atoms with van der Waals surface area (Å²) in [6, 6.07) is 3.95. The molecule has 0 aliphatic carbocycles. The van der Waals surface area contributed by atoms with E-state index in [0.29, 0.717) is 6.54 Å². The maximum Gasteiger partial charge on any atom is 0.236 e. The van der Waals surface area contributed by atoms with Crippen molar-refractivity contribution in [2.45, 2.75) is 26.3 Å². The molecule has 0 aliphatic rings. The van der Waals surface area contributed by atoms with E-state index in [1.165, 1.54) is 0 Å². The molecule has 1 heterocycles. The van der Waals surface area contributed by atoms with Crippen molar-refractivity contribution in [2.75, 3.05) is 20.1 Å². The maximum atomic E-state index is 11.9. The topological polar surface area (TPSA) is 45.2 Å². The molecule has 1 amide bonds. The van der Waals surface area contributed by atoms with Gasteiger partial charge in [0.25, 0.3) is 0 Å². The first-order valence-corrected chi connectivity index (χ1v) is 6.03. The third-order valence-corrected chi connectivity index (χ3v) is 2.87. The van der Waals surface area contributed by atoms with Gasteiger partial charge in [0.2, 0.25) is 5.91 Å². The molecule has 4 nitrogen and oxygen atoms in total. The van der Waals surface area contributed by atoms with Crippen LogP contribution in [0.1, 0.15) is 31.9 Å². The fourth-order valence-electron chi connectivity index (χ4n) is 1.58. The second-order valence-corrected chi connectivity index (χ2v) is 4.14. The van der Waals surface area contributed by atoms with Crippen LogP contribution in [0.3, 0.4) is 0 Å². The van der Waals surface area contributed by atoms with Crippen LogP contribution in [-0.4, -0.2) is 35.9 Å². The van der Waals surface area contributed by atoms with Crippen LogP contribution in [0.2, 0.25) is 0 Å². The molecule has 0 radical (unpaired) electrons. The fraction of sp³-hybridized carbons (Fsp3) is 0.538. The van der Waals surface area contributed by atoms with E-state index in [1.54, 1.807) is 17.3 Å². The monoisotopic (exact) mass is 235 g/mol. The first kappa shape index (κ1) is 13.6. The van der Waals surface area contributed by atoms with Gasteiger partial charge >= 0.3 is 0 Å². The molecule has 17 heavy (non-hydrogen) atoms. The van der Waals surface area contributed by atoms with Gasteiger partial charge in [-0.25, -0.2) is 0 Å². The van der Waals surface area contributed by atoms with Gasteiger partial charge in [-0.05, 0) is 37.6 Å². The number of amides is 1. The smallest absolute Gasteiger partial charge is 0.236 e. The van der Waals surface area contributed by atoms with Gasteiger partial charge < -0.3 is 10.2 Å². The Hall–Kier alpha value is -1.42. The summed E-state index contributed by atoms with van der Waals surface area (Å²) in [6.07, 6.45) is 4.54. The number of nitrogens with one attached hydrogen (secondary N) is 1. The molecule has 1 atom stereocenters. The molecule has 0 bridgehead atoms. The van der Waals surface area contributed by atoms with Crippen molar-refractivity contribution >= 4 is 5.91 Å². The molecule has 0 spiro atoms. The Morgan fingerprint density at radius 3 is 2.71 bits per heavy atom. The number of aromatic nitrogens is 1. The Morgan fingerprint density at radius 2 is 2.12 bits per heavy atom. The zero-order valence-corrected chi connectivity index (χ0v) is 10.8. The summed E-state index contributed by atoms with van der Waals surface area (Å²) >= 11 is 0. The van der Waals surface area contributed by atoms with Crippen LogP contribution < -0.4 is 5.32 Å². The van der Waals surface area contributed by atoms with Gasteiger partial charge in [-0.15, -0.1) is 0 Å². The Labute approximate surface area is 103 Å². The Morgan fingerprint density at radius 1 is 1.47 bits per heavy atom. The van der Waals surface area contributed by atoms with Crippen molar-refractivity contribution in [1.29, 1.82) is 0 Å². The Bertz CT molecular complexity index is 340. The number of likely N-dealkylation sites (N-methyl/N-ethyl adjacent to an activating group) is 1. The van der Waals surface area contributed by atoms with E-state index in [0.717, 1.165) is 18.5 Å². The molecule has 0 fully saturated rings. The molecule has 0 saturated heterocycles. The van der Waals surface area contributed by atoms with Gasteiger partial charge in [0, 0.05) is 19.4 Å². The lowest BCUT2D eigenvalue weighted by Gasteiger charge is -2.25. The summed E-state index contributed by atoms with van der Waals surface area (Å²) in [6.45, 7) is 5.39. The quantitative estimate of drug-likeness (QED) is 0.762. The third kappa shape index (κ3) is 4.15. The number of rotatable bonds is 6. The van der Waals surface area contributed by atoms with Gasteiger partial charge in [0.15, 0.2) is 0 Å². The van der Waals surface area contributed by atoms with E-state index < -0.39 is 0 Å². The van der Waals surface area contributed by atoms with Crippen LogP contribution in [0.5, 0.6) is 0 Å². The predicted octanol–water partition coefficient (Wildman–Crippen LogP) is 1.60. The average Bonchev–Trinajstić information content (AvgIpc) is 2.38. The minimum absolute atomic E-state index is 0.0777. The second-order valence-electron chi connectivity index (χ2n) is 4.14. The molecule has 0 saturated carbocycles. The molecule has 1 unspecified atom stereocenters. The molecule has 1 N–H and O–H groups in total. The van der Waals surface area contributed by atoms with Gasteiger partial charge in [-0.1, -0.05) is 6.92 Å². The minimum Gasteiger partial charge on any atom is -0.338 e. The zero-order chi connectivity index (χ0) is 12.7. The molecular weight excluding hydrogens is 214 g/mol. The maximum absolute atomic E-state index is 11.9. The van der Waals surface area contributed by atoms with Crippen LogP contribution in [0, 0.1) is 0 Å². The Kier molecular flexibility index (Phi) is 5.63. The van der Waals surface area contributed by atoms with Crippen molar-refractivity contribution in [1.82, 2.24) is 15.2 Å². The molecule has 0 aliphatic heterocycles. The van der Waals surface area contributed by atoms with Gasteiger partial charge in [-0.2, -0.15) is 0 Å². The Balaban J connectivity index is 2.51. The summed E-state index contributed by atoms with van der Waals surface area (Å²) in [5.74, 6) is 0.114. The second kappa shape index (κ2) is 7.01. The number of nitrogens with zero attached hydrogens (tertiary/aromatic N) is 2. The number of hydrogen-bond donors (Lipinski definition) is 1. The highest BCUT2D eigenvalue weighted by molar-refractivity contribution is 5.78. The zero-order valence-electron chi connectivity index (χ0n) is 10.8. The number of carbonyl (C=O) groups is 1. The minimum atomic E-state index is 0.0777. The lowest BCUT2D eigenvalue weighted by atomic mass is 10.1. The van der Waals surface area contributed by atoms with Crippen molar-refractivity contribution in [3.05, 3.63) is 30.1 Å². The molecule has 1 aromatic rings. The standard InChI is InChI=1S/C13H21N3O/c1-4-7-15-10-13(17)16(3)11(2)12-5-8-14-9-6-12/h5-6,8-9,11,15H,4,7,10H2,1-3H3. The van der Waals surface area contributed by atoms with Crippen LogP contribution in [0.25, 0.3) is 0 Å². The highest BCUT2D eigenvalue weighted by atomic mass is 16.2. The number of pyridine rings is 1. The van der Waals surface area contributed by atoms with Crippen LogP contribution in [-0.2, 0) is 4.79 Å². The summed E-state index contributed by atoms with van der Waals surface area (Å²) in [5, 5.41) is 3.12. The van der Waals surface area contributed by atoms with Crippen LogP contribution in [0.15, 0.2) is 24.5 Å². The van der Waals surface area contributed by atoms with E-state index in [-0.39, 0.29) is 11.9 Å². The third-order valence-electron chi connectivity index (χ3n) is 2.87. The molecule has 1 rings (SSSR count). The van der Waals surface area contributed by atoms with Crippen molar-refractivity contribution in [2.24, 2.45) is 0 Å². The molecule has 1 aromatic heterocycles. The van der Waals surface area contributed by atoms with E-state index >= 15 is 0 Å². The fourth-order valence-corrected chi connectivity index (χ4v) is 1.58. The van der Waals surface area contributed by atoms with E-state index in [1.807, 2.05) is 26.1 Å². The summed E-state index contributed by atoms with van der Waals surface area (Å²) in [7, 11) is 1.83. The molecule has 94 valence electrons. The largest absolute Gasteiger partial charge is 0.338 e.